The highest BCUT2D eigenvalue weighted by Gasteiger charge is 2.31. The van der Waals surface area contributed by atoms with Crippen LogP contribution in [0.1, 0.15) is 11.1 Å². The summed E-state index contributed by atoms with van der Waals surface area (Å²) < 4.78 is 38.5. The molecule has 0 atom stereocenters. The molecule has 3 rings (SSSR count). The summed E-state index contributed by atoms with van der Waals surface area (Å²) in [7, 11) is 0. The molecule has 0 spiro atoms. The van der Waals surface area contributed by atoms with Crippen LogP contribution in [0.2, 0.25) is 10.0 Å². The molecule has 0 aromatic heterocycles. The number of halogens is 5. The van der Waals surface area contributed by atoms with Crippen LogP contribution in [0.15, 0.2) is 52.4 Å². The first-order chi connectivity index (χ1) is 12.2. The third-order valence-electron chi connectivity index (χ3n) is 3.31. The van der Waals surface area contributed by atoms with Crippen molar-refractivity contribution in [2.75, 3.05) is 0 Å². The molecule has 0 saturated carbocycles. The van der Waals surface area contributed by atoms with E-state index in [0.29, 0.717) is 9.93 Å². The molecule has 1 aliphatic heterocycles. The van der Waals surface area contributed by atoms with E-state index in [9.17, 15) is 18.0 Å². The van der Waals surface area contributed by atoms with Gasteiger partial charge in [0.2, 0.25) is 0 Å². The van der Waals surface area contributed by atoms with Crippen LogP contribution in [-0.2, 0) is 11.0 Å². The lowest BCUT2D eigenvalue weighted by Crippen LogP contribution is -2.19. The molecule has 0 bridgehead atoms. The monoisotopic (exact) mass is 416 g/mol. The Balaban J connectivity index is 1.88. The van der Waals surface area contributed by atoms with E-state index in [2.05, 4.69) is 10.3 Å². The minimum Gasteiger partial charge on any atom is -0.300 e. The number of alkyl halides is 3. The van der Waals surface area contributed by atoms with Crippen LogP contribution >= 0.6 is 35.0 Å². The number of thioether (sulfide) groups is 1. The van der Waals surface area contributed by atoms with Crippen LogP contribution < -0.4 is 5.32 Å². The standard InChI is InChI=1S/C17H9Cl2F3N2OS/c18-11-4-1-9(2-5-11)7-14-15(25)24-16(26-14)23-13-8-10(17(20,21)22)3-6-12(13)19/h1-8H,(H,23,24,25). The molecule has 1 heterocycles. The Bertz CT molecular complexity index is 925. The molecule has 134 valence electrons. The first-order valence-electron chi connectivity index (χ1n) is 7.14. The summed E-state index contributed by atoms with van der Waals surface area (Å²) in [4.78, 5) is 16.4. The number of carbonyl (C=O) groups is 1. The van der Waals surface area contributed by atoms with E-state index in [-0.39, 0.29) is 15.9 Å². The van der Waals surface area contributed by atoms with E-state index in [1.165, 1.54) is 0 Å². The van der Waals surface area contributed by atoms with Gasteiger partial charge in [0, 0.05) is 5.02 Å². The van der Waals surface area contributed by atoms with E-state index in [1.54, 1.807) is 30.3 Å². The Labute approximate surface area is 160 Å². The second kappa shape index (κ2) is 7.34. The van der Waals surface area contributed by atoms with Crippen molar-refractivity contribution in [3.8, 4) is 0 Å². The molecule has 1 saturated heterocycles. The van der Waals surface area contributed by atoms with Crippen LogP contribution in [-0.4, -0.2) is 11.1 Å². The molecular weight excluding hydrogens is 408 g/mol. The number of benzene rings is 2. The topological polar surface area (TPSA) is 41.5 Å². The maximum absolute atomic E-state index is 12.8. The Hall–Kier alpha value is -1.96. The van der Waals surface area contributed by atoms with Crippen molar-refractivity contribution < 1.29 is 18.0 Å². The van der Waals surface area contributed by atoms with Gasteiger partial charge in [-0.2, -0.15) is 13.2 Å². The first kappa shape index (κ1) is 18.8. The summed E-state index contributed by atoms with van der Waals surface area (Å²) in [6.07, 6.45) is -2.88. The highest BCUT2D eigenvalue weighted by atomic mass is 35.5. The lowest BCUT2D eigenvalue weighted by atomic mass is 10.2. The number of nitrogens with zero attached hydrogens (tertiary/aromatic N) is 1. The SMILES string of the molecule is O=C1NC(=Nc2cc(C(F)(F)F)ccc2Cl)SC1=Cc1ccc(Cl)cc1. The maximum atomic E-state index is 12.8. The molecule has 0 aliphatic carbocycles. The number of hydrogen-bond donors (Lipinski definition) is 1. The van der Waals surface area contributed by atoms with Gasteiger partial charge >= 0.3 is 6.18 Å². The maximum Gasteiger partial charge on any atom is 0.416 e. The average molecular weight is 417 g/mol. The Morgan fingerprint density at radius 3 is 2.42 bits per heavy atom. The van der Waals surface area contributed by atoms with E-state index in [1.807, 2.05) is 0 Å². The zero-order chi connectivity index (χ0) is 18.9. The van der Waals surface area contributed by atoms with Gasteiger partial charge in [-0.05, 0) is 53.7 Å². The van der Waals surface area contributed by atoms with Crippen LogP contribution in [0.5, 0.6) is 0 Å². The summed E-state index contributed by atoms with van der Waals surface area (Å²) in [6, 6.07) is 9.67. The summed E-state index contributed by atoms with van der Waals surface area (Å²) >= 11 is 12.7. The van der Waals surface area contributed by atoms with E-state index in [4.69, 9.17) is 23.2 Å². The highest BCUT2D eigenvalue weighted by Crippen LogP contribution is 2.36. The predicted molar refractivity (Wildman–Crippen MR) is 98.7 cm³/mol. The highest BCUT2D eigenvalue weighted by molar-refractivity contribution is 8.18. The molecule has 0 radical (unpaired) electrons. The van der Waals surface area contributed by atoms with Crippen LogP contribution in [0, 0.1) is 0 Å². The fraction of sp³-hybridized carbons (Fsp3) is 0.0588. The van der Waals surface area contributed by atoms with Crippen molar-refractivity contribution in [1.29, 1.82) is 0 Å². The van der Waals surface area contributed by atoms with Crippen molar-refractivity contribution in [1.82, 2.24) is 5.32 Å². The minimum absolute atomic E-state index is 0.0514. The number of nitrogens with one attached hydrogen (secondary N) is 1. The van der Waals surface area contributed by atoms with Gasteiger partial charge in [0.1, 0.15) is 0 Å². The van der Waals surface area contributed by atoms with Gasteiger partial charge in [0.05, 0.1) is 21.2 Å². The number of carbonyl (C=O) groups excluding carboxylic acids is 1. The molecule has 1 N–H and O–H groups in total. The summed E-state index contributed by atoms with van der Waals surface area (Å²) in [6.45, 7) is 0. The van der Waals surface area contributed by atoms with Gasteiger partial charge in [-0.3, -0.25) is 4.79 Å². The number of aliphatic imine (C=N–C) groups is 1. The number of amidine groups is 1. The normalized spacial score (nSPS) is 17.8. The second-order valence-electron chi connectivity index (χ2n) is 5.20. The summed E-state index contributed by atoms with van der Waals surface area (Å²) in [5.41, 5.74) is -0.185. The summed E-state index contributed by atoms with van der Waals surface area (Å²) in [5.74, 6) is -0.396. The minimum atomic E-state index is -4.51. The molecule has 3 nitrogen and oxygen atoms in total. The molecular formula is C17H9Cl2F3N2OS. The largest absolute Gasteiger partial charge is 0.416 e. The van der Waals surface area contributed by atoms with Gasteiger partial charge in [0.25, 0.3) is 5.91 Å². The zero-order valence-electron chi connectivity index (χ0n) is 12.8. The zero-order valence-corrected chi connectivity index (χ0v) is 15.1. The molecule has 1 fully saturated rings. The number of amides is 1. The molecule has 0 unspecified atom stereocenters. The summed E-state index contributed by atoms with van der Waals surface area (Å²) in [5, 5.41) is 3.28. The second-order valence-corrected chi connectivity index (χ2v) is 7.07. The molecule has 1 aliphatic rings. The average Bonchev–Trinajstić information content (AvgIpc) is 2.90. The van der Waals surface area contributed by atoms with E-state index in [0.717, 1.165) is 35.5 Å². The van der Waals surface area contributed by atoms with Crippen molar-refractivity contribution in [3.63, 3.8) is 0 Å². The van der Waals surface area contributed by atoms with Crippen LogP contribution in [0.3, 0.4) is 0 Å². The lowest BCUT2D eigenvalue weighted by Gasteiger charge is -2.08. The smallest absolute Gasteiger partial charge is 0.300 e. The molecule has 2 aromatic carbocycles. The van der Waals surface area contributed by atoms with Gasteiger partial charge in [-0.25, -0.2) is 4.99 Å². The molecule has 26 heavy (non-hydrogen) atoms. The predicted octanol–water partition coefficient (Wildman–Crippen LogP) is 5.90. The Kier molecular flexibility index (Phi) is 5.32. The fourth-order valence-corrected chi connectivity index (χ4v) is 3.20. The quantitative estimate of drug-likeness (QED) is 0.618. The molecule has 2 aromatic rings. The van der Waals surface area contributed by atoms with Crippen molar-refractivity contribution in [2.24, 2.45) is 4.99 Å². The van der Waals surface area contributed by atoms with Crippen LogP contribution in [0.4, 0.5) is 18.9 Å². The Morgan fingerprint density at radius 2 is 1.77 bits per heavy atom. The van der Waals surface area contributed by atoms with Crippen molar-refractivity contribution >= 4 is 57.8 Å². The number of rotatable bonds is 2. The van der Waals surface area contributed by atoms with Gasteiger partial charge in [-0.1, -0.05) is 35.3 Å². The van der Waals surface area contributed by atoms with Gasteiger partial charge in [0.15, 0.2) is 5.17 Å². The fourth-order valence-electron chi connectivity index (χ4n) is 2.07. The van der Waals surface area contributed by atoms with Crippen molar-refractivity contribution in [3.05, 3.63) is 68.5 Å². The van der Waals surface area contributed by atoms with Crippen LogP contribution in [0.25, 0.3) is 6.08 Å². The third kappa shape index (κ3) is 4.41. The van der Waals surface area contributed by atoms with Crippen molar-refractivity contribution in [2.45, 2.75) is 6.18 Å². The lowest BCUT2D eigenvalue weighted by molar-refractivity contribution is -0.137. The third-order valence-corrected chi connectivity index (χ3v) is 4.80. The number of hydrogen-bond acceptors (Lipinski definition) is 3. The molecule has 1 amide bonds. The first-order valence-corrected chi connectivity index (χ1v) is 8.71. The van der Waals surface area contributed by atoms with Gasteiger partial charge in [-0.15, -0.1) is 0 Å². The Morgan fingerprint density at radius 1 is 1.08 bits per heavy atom. The van der Waals surface area contributed by atoms with Gasteiger partial charge < -0.3 is 5.32 Å². The van der Waals surface area contributed by atoms with E-state index >= 15 is 0 Å². The molecule has 9 heteroatoms. The van der Waals surface area contributed by atoms with E-state index < -0.39 is 17.6 Å².